The summed E-state index contributed by atoms with van der Waals surface area (Å²) in [7, 11) is 4.30. The van der Waals surface area contributed by atoms with Crippen LogP contribution >= 0.6 is 0 Å². The van der Waals surface area contributed by atoms with E-state index in [0.29, 0.717) is 9.80 Å². The molecule has 0 spiro atoms. The summed E-state index contributed by atoms with van der Waals surface area (Å²) in [4.78, 5) is 117. The molecule has 0 saturated carbocycles. The number of likely N-dealkylation sites (N-methyl/N-ethyl adjacent to an activating group) is 4. The van der Waals surface area contributed by atoms with Crippen LogP contribution in [0.2, 0.25) is 0 Å². The van der Waals surface area contributed by atoms with E-state index < -0.39 is 170 Å². The third-order valence-electron chi connectivity index (χ3n) is 12.1. The monoisotopic (exact) mass is 1120 g/mol. The Balaban J connectivity index is 2.26. The van der Waals surface area contributed by atoms with Crippen molar-refractivity contribution in [3.63, 3.8) is 0 Å². The molecule has 0 bridgehead atoms. The second-order valence-corrected chi connectivity index (χ2v) is 20.9. The average Bonchev–Trinajstić information content (AvgIpc) is 3.31. The molecule has 0 N–H and O–H groups in total. The Labute approximate surface area is 446 Å². The van der Waals surface area contributed by atoms with E-state index in [-0.39, 0.29) is 24.0 Å². The molecule has 1 saturated heterocycles. The predicted molar refractivity (Wildman–Crippen MR) is 260 cm³/mol. The van der Waals surface area contributed by atoms with Gasteiger partial charge in [-0.25, -0.2) is 28.0 Å². The Hall–Kier alpha value is -6.76. The van der Waals surface area contributed by atoms with Crippen LogP contribution in [0.25, 0.3) is 0 Å². The Morgan fingerprint density at radius 3 is 1.03 bits per heavy atom. The number of rotatable bonds is 14. The van der Waals surface area contributed by atoms with Crippen LogP contribution in [-0.2, 0) is 70.1 Å². The fourth-order valence-electron chi connectivity index (χ4n) is 8.04. The summed E-state index contributed by atoms with van der Waals surface area (Å²) in [5, 5.41) is 0. The number of benzene rings is 2. The molecule has 436 valence electrons. The molecule has 1 fully saturated rings. The number of carbonyl (C=O) groups is 8. The molecule has 18 nitrogen and oxygen atoms in total. The zero-order chi connectivity index (χ0) is 59.4. The maximum atomic E-state index is 15.6. The zero-order valence-electron chi connectivity index (χ0n) is 45.4. The van der Waals surface area contributed by atoms with Crippen LogP contribution in [0.15, 0.2) is 48.5 Å². The Bertz CT molecular complexity index is 2240. The predicted octanol–water partition coefficient (Wildman–Crippen LogP) is 6.87. The lowest BCUT2D eigenvalue weighted by atomic mass is 9.99. The maximum absolute atomic E-state index is 15.6. The van der Waals surface area contributed by atoms with Gasteiger partial charge in [-0.15, -0.1) is 26.3 Å². The lowest BCUT2D eigenvalue weighted by molar-refractivity contribution is -0.275. The first-order valence-corrected chi connectivity index (χ1v) is 24.6. The van der Waals surface area contributed by atoms with Crippen LogP contribution in [-0.4, -0.2) is 169 Å². The van der Waals surface area contributed by atoms with Crippen molar-refractivity contribution in [1.29, 1.82) is 0 Å². The van der Waals surface area contributed by atoms with Crippen molar-refractivity contribution in [2.75, 3.05) is 41.4 Å². The third-order valence-corrected chi connectivity index (χ3v) is 12.1. The zero-order valence-corrected chi connectivity index (χ0v) is 45.4. The minimum Gasteiger partial charge on any atom is -0.454 e. The minimum atomic E-state index is -5.07. The first-order valence-electron chi connectivity index (χ1n) is 24.6. The molecular formula is C52H68F8N4O14. The molecule has 0 aromatic heterocycles. The first kappa shape index (κ1) is 65.5. The number of nitrogens with zero attached hydrogens (tertiary/aromatic N) is 4. The van der Waals surface area contributed by atoms with Gasteiger partial charge in [-0.2, -0.15) is 0 Å². The summed E-state index contributed by atoms with van der Waals surface area (Å²) in [5.74, 6) is -11.8. The molecule has 0 aliphatic carbocycles. The van der Waals surface area contributed by atoms with Crippen LogP contribution in [0.4, 0.5) is 35.1 Å². The van der Waals surface area contributed by atoms with Crippen molar-refractivity contribution in [1.82, 2.24) is 19.6 Å². The molecule has 2 aromatic carbocycles. The molecule has 0 radical (unpaired) electrons. The number of alkyl halides is 8. The van der Waals surface area contributed by atoms with Crippen LogP contribution in [0.1, 0.15) is 92.2 Å². The Kier molecular flexibility index (Phi) is 22.9. The lowest BCUT2D eigenvalue weighted by Crippen LogP contribution is -2.54. The number of esters is 4. The molecule has 1 aliphatic heterocycles. The highest BCUT2D eigenvalue weighted by Crippen LogP contribution is 2.29. The number of amides is 4. The van der Waals surface area contributed by atoms with Gasteiger partial charge in [-0.1, -0.05) is 52.0 Å². The van der Waals surface area contributed by atoms with Gasteiger partial charge in [0.15, 0.2) is 25.4 Å². The van der Waals surface area contributed by atoms with Gasteiger partial charge in [0.25, 0.3) is 23.6 Å². The highest BCUT2D eigenvalue weighted by molar-refractivity contribution is 5.93. The molecule has 78 heavy (non-hydrogen) atoms. The van der Waals surface area contributed by atoms with Crippen molar-refractivity contribution in [3.05, 3.63) is 59.7 Å². The van der Waals surface area contributed by atoms with E-state index in [1.54, 1.807) is 27.7 Å². The highest BCUT2D eigenvalue weighted by Gasteiger charge is 2.43. The van der Waals surface area contributed by atoms with Crippen molar-refractivity contribution >= 4 is 47.5 Å². The summed E-state index contributed by atoms with van der Waals surface area (Å²) in [6.07, 6.45) is -17.2. The fourth-order valence-corrected chi connectivity index (χ4v) is 8.04. The molecule has 2 aromatic rings. The summed E-state index contributed by atoms with van der Waals surface area (Å²) in [6, 6.07) is 1.20. The number of hydrogen-bond donors (Lipinski definition) is 0. The Morgan fingerprint density at radius 2 is 0.769 bits per heavy atom. The standard InChI is InChI=1S/C52H68F8N4O14/c1-29(2)21-35-45(69)73-27-41(65)61(9)38(26-50(7,8)54)48(72)76-40(24-32-15-19-34(20-16-32)78-52(58,59)60)44(68)64(12)36(22-30(3)4)46(70)74-28-42(66)62(10)37(25-49(5,6)53)47(71)75-39(43(67)63(35)11)23-31-13-17-33(18-14-31)77-51(55,56)57/h13-20,29-30,35-40H,21-28H2,1-12H3/t35-,36-,37-,38-,39+,40+/m0/s1. The smallest absolute Gasteiger partial charge is 0.454 e. The quantitative estimate of drug-likeness (QED) is 0.108. The molecule has 4 amide bonds. The van der Waals surface area contributed by atoms with E-state index in [1.165, 1.54) is 0 Å². The van der Waals surface area contributed by atoms with Crippen LogP contribution < -0.4 is 9.47 Å². The number of ether oxygens (including phenoxy) is 6. The molecule has 0 unspecified atom stereocenters. The summed E-state index contributed by atoms with van der Waals surface area (Å²) >= 11 is 0. The minimum absolute atomic E-state index is 0.0800. The van der Waals surface area contributed by atoms with E-state index in [1.807, 2.05) is 0 Å². The van der Waals surface area contributed by atoms with E-state index in [9.17, 15) is 64.7 Å². The van der Waals surface area contributed by atoms with Gasteiger partial charge in [0.2, 0.25) is 0 Å². The van der Waals surface area contributed by atoms with Gasteiger partial charge in [0.1, 0.15) is 47.0 Å². The summed E-state index contributed by atoms with van der Waals surface area (Å²) in [6.45, 7) is 8.55. The second kappa shape index (κ2) is 27.2. The normalized spacial score (nSPS) is 22.3. The number of cyclic esters (lactones) is 4. The third kappa shape index (κ3) is 21.2. The lowest BCUT2D eigenvalue weighted by Gasteiger charge is -2.34. The van der Waals surface area contributed by atoms with Crippen LogP contribution in [0.5, 0.6) is 11.5 Å². The van der Waals surface area contributed by atoms with E-state index in [2.05, 4.69) is 9.47 Å². The van der Waals surface area contributed by atoms with Gasteiger partial charge in [-0.3, -0.25) is 19.2 Å². The van der Waals surface area contributed by atoms with Gasteiger partial charge in [0.05, 0.1) is 0 Å². The SMILES string of the molecule is CC(C)C[C@H]1C(=O)OCC(=O)N(C)[C@@H](CC(C)(C)F)C(=O)O[C@H](Cc2ccc(OC(F)(F)F)cc2)C(=O)N(C)[C@@H](CC(C)C)C(=O)OCC(=O)N(C)[C@@H](CC(C)(C)F)C(=O)O[C@H](Cc2ccc(OC(F)(F)F)cc2)C(=O)N1C. The van der Waals surface area contributed by atoms with Crippen molar-refractivity contribution in [3.8, 4) is 11.5 Å². The molecule has 26 heteroatoms. The van der Waals surface area contributed by atoms with Crippen molar-refractivity contribution in [2.45, 2.75) is 154 Å². The highest BCUT2D eigenvalue weighted by atomic mass is 19.4. The topological polar surface area (TPSA) is 205 Å². The molecule has 6 atom stereocenters. The van der Waals surface area contributed by atoms with E-state index >= 15 is 8.78 Å². The van der Waals surface area contributed by atoms with Crippen molar-refractivity contribution in [2.24, 2.45) is 11.8 Å². The molecule has 3 rings (SSSR count). The summed E-state index contributed by atoms with van der Waals surface area (Å²) in [5.41, 5.74) is -4.33. The maximum Gasteiger partial charge on any atom is 0.573 e. The number of halogens is 8. The second-order valence-electron chi connectivity index (χ2n) is 20.9. The van der Waals surface area contributed by atoms with Gasteiger partial charge >= 0.3 is 36.6 Å². The van der Waals surface area contributed by atoms with Crippen molar-refractivity contribution < 1.29 is 102 Å². The summed E-state index contributed by atoms with van der Waals surface area (Å²) < 4.78 is 139. The van der Waals surface area contributed by atoms with E-state index in [4.69, 9.17) is 18.9 Å². The van der Waals surface area contributed by atoms with E-state index in [0.717, 1.165) is 114 Å². The Morgan fingerprint density at radius 1 is 0.474 bits per heavy atom. The largest absolute Gasteiger partial charge is 0.573 e. The van der Waals surface area contributed by atoms with Gasteiger partial charge in [0, 0.05) is 53.9 Å². The molecule has 1 aliphatic rings. The van der Waals surface area contributed by atoms with Crippen LogP contribution in [0.3, 0.4) is 0 Å². The molecule has 1 heterocycles. The molecular weight excluding hydrogens is 1060 g/mol. The average molecular weight is 1130 g/mol. The number of carbonyl (C=O) groups excluding carboxylic acids is 8. The van der Waals surface area contributed by atoms with Crippen LogP contribution in [0, 0.1) is 11.8 Å². The first-order chi connectivity index (χ1) is 35.7. The van der Waals surface area contributed by atoms with Gasteiger partial charge < -0.3 is 48.0 Å². The van der Waals surface area contributed by atoms with Gasteiger partial charge in [-0.05, 0) is 87.8 Å². The fraction of sp³-hybridized carbons (Fsp3) is 0.615. The number of hydrogen-bond acceptors (Lipinski definition) is 14.